The second-order valence-electron chi connectivity index (χ2n) is 5.37. The molecule has 1 heterocycles. The van der Waals surface area contributed by atoms with E-state index in [4.69, 9.17) is 11.6 Å². The van der Waals surface area contributed by atoms with Crippen LogP contribution >= 0.6 is 24.0 Å². The number of hydrogen-bond donors (Lipinski definition) is 2. The topological polar surface area (TPSA) is 32.3 Å². The molecule has 0 aliphatic carbocycles. The smallest absolute Gasteiger partial charge is 0.0920 e. The number of nitrogens with one attached hydrogen (secondary N) is 1. The third kappa shape index (κ3) is 3.58. The molecule has 1 fully saturated rings. The average Bonchev–Trinajstić information content (AvgIpc) is 2.48. The van der Waals surface area contributed by atoms with E-state index in [1.54, 1.807) is 0 Å². The average molecular weight is 324 g/mol. The van der Waals surface area contributed by atoms with Crippen molar-refractivity contribution in [1.29, 1.82) is 0 Å². The summed E-state index contributed by atoms with van der Waals surface area (Å²) in [6.07, 6.45) is 1.53. The van der Waals surface area contributed by atoms with Crippen LogP contribution < -0.4 is 5.32 Å². The van der Waals surface area contributed by atoms with Crippen molar-refractivity contribution in [3.05, 3.63) is 59.1 Å². The first-order valence-electron chi connectivity index (χ1n) is 6.97. The number of rotatable bonds is 2. The van der Waals surface area contributed by atoms with Crippen LogP contribution in [0.15, 0.2) is 48.5 Å². The molecule has 3 rings (SSSR count). The number of aliphatic hydroxyl groups is 1. The zero-order chi connectivity index (χ0) is 14.0. The summed E-state index contributed by atoms with van der Waals surface area (Å²) >= 11 is 6.02. The Balaban J connectivity index is 0.00000161. The maximum Gasteiger partial charge on any atom is 0.0920 e. The summed E-state index contributed by atoms with van der Waals surface area (Å²) in [6.45, 7) is 1.74. The van der Waals surface area contributed by atoms with Crippen LogP contribution in [0.25, 0.3) is 11.1 Å². The Morgan fingerprint density at radius 3 is 2.24 bits per heavy atom. The fourth-order valence-corrected chi connectivity index (χ4v) is 2.96. The fraction of sp³-hybridized carbons (Fsp3) is 0.294. The Morgan fingerprint density at radius 1 is 0.952 bits per heavy atom. The van der Waals surface area contributed by atoms with E-state index < -0.39 is 5.60 Å². The lowest BCUT2D eigenvalue weighted by Gasteiger charge is -2.33. The summed E-state index contributed by atoms with van der Waals surface area (Å²) in [5.74, 6) is 0. The van der Waals surface area contributed by atoms with Gasteiger partial charge in [0, 0.05) is 5.02 Å². The Kier molecular flexibility index (Phi) is 5.28. The van der Waals surface area contributed by atoms with Crippen molar-refractivity contribution < 1.29 is 5.11 Å². The number of halogens is 2. The summed E-state index contributed by atoms with van der Waals surface area (Å²) in [4.78, 5) is 0. The molecule has 0 bridgehead atoms. The molecule has 1 aliphatic rings. The normalized spacial score (nSPS) is 17.0. The van der Waals surface area contributed by atoms with Crippen LogP contribution in [0.5, 0.6) is 0 Å². The van der Waals surface area contributed by atoms with Crippen molar-refractivity contribution >= 4 is 24.0 Å². The quantitative estimate of drug-likeness (QED) is 0.875. The number of hydrogen-bond acceptors (Lipinski definition) is 2. The zero-order valence-electron chi connectivity index (χ0n) is 11.7. The summed E-state index contributed by atoms with van der Waals surface area (Å²) in [7, 11) is 0. The van der Waals surface area contributed by atoms with E-state index in [9.17, 15) is 5.11 Å². The fourth-order valence-electron chi connectivity index (χ4n) is 2.77. The maximum atomic E-state index is 10.7. The first-order chi connectivity index (χ1) is 9.67. The molecule has 2 aromatic rings. The molecule has 0 radical (unpaired) electrons. The monoisotopic (exact) mass is 323 g/mol. The molecule has 0 saturated carbocycles. The lowest BCUT2D eigenvalue weighted by molar-refractivity contribution is 0.00595. The predicted molar refractivity (Wildman–Crippen MR) is 90.1 cm³/mol. The van der Waals surface area contributed by atoms with Crippen LogP contribution in [-0.2, 0) is 5.60 Å². The molecule has 1 saturated heterocycles. The van der Waals surface area contributed by atoms with Gasteiger partial charge in [-0.15, -0.1) is 12.4 Å². The van der Waals surface area contributed by atoms with Crippen LogP contribution in [-0.4, -0.2) is 18.2 Å². The minimum atomic E-state index is -0.682. The molecular formula is C17H19Cl2NO. The van der Waals surface area contributed by atoms with Gasteiger partial charge in [0.25, 0.3) is 0 Å². The van der Waals surface area contributed by atoms with E-state index in [0.717, 1.165) is 47.6 Å². The van der Waals surface area contributed by atoms with Gasteiger partial charge in [-0.05, 0) is 54.8 Å². The third-order valence-corrected chi connectivity index (χ3v) is 4.25. The molecule has 1 aliphatic heterocycles. The zero-order valence-corrected chi connectivity index (χ0v) is 13.3. The van der Waals surface area contributed by atoms with Gasteiger partial charge < -0.3 is 10.4 Å². The summed E-state index contributed by atoms with van der Waals surface area (Å²) < 4.78 is 0. The van der Waals surface area contributed by atoms with E-state index in [2.05, 4.69) is 17.4 Å². The van der Waals surface area contributed by atoms with E-state index >= 15 is 0 Å². The van der Waals surface area contributed by atoms with Crippen molar-refractivity contribution in [2.24, 2.45) is 0 Å². The van der Waals surface area contributed by atoms with Gasteiger partial charge in [-0.1, -0.05) is 48.0 Å². The Hall–Kier alpha value is -1.06. The Morgan fingerprint density at radius 2 is 1.62 bits per heavy atom. The molecule has 4 heteroatoms. The Bertz CT molecular complexity index is 592. The van der Waals surface area contributed by atoms with Gasteiger partial charge in [0.1, 0.15) is 0 Å². The molecule has 0 spiro atoms. The highest BCUT2D eigenvalue weighted by molar-refractivity contribution is 6.30. The van der Waals surface area contributed by atoms with Crippen molar-refractivity contribution in [1.82, 2.24) is 5.32 Å². The van der Waals surface area contributed by atoms with Crippen LogP contribution in [0, 0.1) is 0 Å². The van der Waals surface area contributed by atoms with Crippen molar-refractivity contribution in [3.8, 4) is 11.1 Å². The Labute approximate surface area is 136 Å². The van der Waals surface area contributed by atoms with E-state index in [1.165, 1.54) is 0 Å². The summed E-state index contributed by atoms with van der Waals surface area (Å²) in [5.41, 5.74) is 2.54. The standard InChI is InChI=1S/C17H18ClNO.ClH/c18-16-3-1-2-14(12-16)13-4-6-15(7-5-13)17(20)8-10-19-11-9-17;/h1-7,12,19-20H,8-11H2;1H. The summed E-state index contributed by atoms with van der Waals surface area (Å²) in [6, 6.07) is 16.0. The van der Waals surface area contributed by atoms with E-state index in [1.807, 2.05) is 36.4 Å². The molecule has 2 N–H and O–H groups in total. The summed E-state index contributed by atoms with van der Waals surface area (Å²) in [5, 5.41) is 14.7. The minimum Gasteiger partial charge on any atom is -0.385 e. The van der Waals surface area contributed by atoms with Crippen LogP contribution in [0.2, 0.25) is 5.02 Å². The van der Waals surface area contributed by atoms with Crippen molar-refractivity contribution in [2.45, 2.75) is 18.4 Å². The number of benzene rings is 2. The van der Waals surface area contributed by atoms with E-state index in [-0.39, 0.29) is 12.4 Å². The molecule has 0 aromatic heterocycles. The van der Waals surface area contributed by atoms with Crippen molar-refractivity contribution in [2.75, 3.05) is 13.1 Å². The molecule has 2 nitrogen and oxygen atoms in total. The highest BCUT2D eigenvalue weighted by atomic mass is 35.5. The second-order valence-corrected chi connectivity index (χ2v) is 5.81. The van der Waals surface area contributed by atoms with Gasteiger partial charge in [-0.2, -0.15) is 0 Å². The predicted octanol–water partition coefficient (Wildman–Crippen LogP) is 4.00. The van der Waals surface area contributed by atoms with Crippen LogP contribution in [0.1, 0.15) is 18.4 Å². The second kappa shape index (κ2) is 6.80. The van der Waals surface area contributed by atoms with Gasteiger partial charge in [-0.3, -0.25) is 0 Å². The number of piperidine rings is 1. The third-order valence-electron chi connectivity index (χ3n) is 4.01. The van der Waals surface area contributed by atoms with Crippen LogP contribution in [0.3, 0.4) is 0 Å². The molecule has 112 valence electrons. The van der Waals surface area contributed by atoms with Gasteiger partial charge >= 0.3 is 0 Å². The maximum absolute atomic E-state index is 10.7. The first-order valence-corrected chi connectivity index (χ1v) is 7.35. The van der Waals surface area contributed by atoms with Gasteiger partial charge in [0.15, 0.2) is 0 Å². The highest BCUT2D eigenvalue weighted by Gasteiger charge is 2.30. The van der Waals surface area contributed by atoms with E-state index in [0.29, 0.717) is 0 Å². The molecule has 0 amide bonds. The highest BCUT2D eigenvalue weighted by Crippen LogP contribution is 2.32. The van der Waals surface area contributed by atoms with Gasteiger partial charge in [-0.25, -0.2) is 0 Å². The molecule has 21 heavy (non-hydrogen) atoms. The molecule has 0 unspecified atom stereocenters. The lowest BCUT2D eigenvalue weighted by atomic mass is 9.84. The van der Waals surface area contributed by atoms with Crippen LogP contribution in [0.4, 0.5) is 0 Å². The SMILES string of the molecule is Cl.OC1(c2ccc(-c3cccc(Cl)c3)cc2)CCNCC1. The van der Waals surface area contributed by atoms with Crippen molar-refractivity contribution in [3.63, 3.8) is 0 Å². The molecule has 0 atom stereocenters. The minimum absolute atomic E-state index is 0. The first kappa shape index (κ1) is 16.3. The molecular weight excluding hydrogens is 305 g/mol. The van der Waals surface area contributed by atoms with Gasteiger partial charge in [0.2, 0.25) is 0 Å². The molecule has 2 aromatic carbocycles. The van der Waals surface area contributed by atoms with Gasteiger partial charge in [0.05, 0.1) is 5.60 Å². The lowest BCUT2D eigenvalue weighted by Crippen LogP contribution is -2.39. The largest absolute Gasteiger partial charge is 0.385 e.